The van der Waals surface area contributed by atoms with E-state index in [0.717, 1.165) is 203 Å². The summed E-state index contributed by atoms with van der Waals surface area (Å²) in [5.41, 5.74) is 5.11. The summed E-state index contributed by atoms with van der Waals surface area (Å²) in [4.78, 5) is 108. The van der Waals surface area contributed by atoms with Gasteiger partial charge in [-0.1, -0.05) is 234 Å². The van der Waals surface area contributed by atoms with Crippen molar-refractivity contribution in [2.45, 2.75) is 177 Å². The molecule has 744 valence electrons. The Morgan fingerprint density at radius 3 is 0.810 bits per heavy atom. The summed E-state index contributed by atoms with van der Waals surface area (Å²) < 4.78 is 27.5. The van der Waals surface area contributed by atoms with Crippen molar-refractivity contribution in [2.24, 2.45) is 0 Å². The van der Waals surface area contributed by atoms with E-state index in [1.165, 1.54) is 62.4 Å². The molecule has 10 heterocycles. The number of benzene rings is 4. The number of piperazine rings is 6. The van der Waals surface area contributed by atoms with E-state index >= 15 is 0 Å². The van der Waals surface area contributed by atoms with Crippen molar-refractivity contribution < 1.29 is 247 Å². The summed E-state index contributed by atoms with van der Waals surface area (Å²) in [5.74, 6) is 0.325. The van der Waals surface area contributed by atoms with Gasteiger partial charge in [-0.05, 0) is 50.2 Å². The average molecular weight is 2360 g/mol. The van der Waals surface area contributed by atoms with Gasteiger partial charge in [-0.25, -0.2) is 0 Å². The number of hydrogen-bond acceptors (Lipinski definition) is 21. The summed E-state index contributed by atoms with van der Waals surface area (Å²) in [6, 6.07) is 44.3. The summed E-state index contributed by atoms with van der Waals surface area (Å²) in [6.45, 7) is 59.7. The molecule has 3 N–H and O–H groups in total. The second kappa shape index (κ2) is 115. The Balaban J connectivity index is -0.0000000945. The van der Waals surface area contributed by atoms with Crippen LogP contribution in [-0.4, -0.2) is 452 Å². The van der Waals surface area contributed by atoms with Crippen LogP contribution in [-0.2, 0) is 249 Å². The molecule has 0 atom stereocenters. The van der Waals surface area contributed by atoms with Crippen LogP contribution in [0.15, 0.2) is 121 Å². The number of nitrogens with zero attached hydrogens (tertiary/aromatic N) is 13. The van der Waals surface area contributed by atoms with Gasteiger partial charge in [-0.15, -0.1) is 0 Å². The number of carbonyl (C=O) groups excluding carboxylic acids is 8. The van der Waals surface area contributed by atoms with Crippen molar-refractivity contribution >= 4 is 136 Å². The van der Waals surface area contributed by atoms with Crippen molar-refractivity contribution in [3.05, 3.63) is 144 Å². The molecule has 0 saturated carbocycles. The largest absolute Gasteiger partial charge is 0.542 e. The van der Waals surface area contributed by atoms with Gasteiger partial charge in [0.1, 0.15) is 11.9 Å². The number of nitrogens with one attached hydrogen (secondary N) is 3. The van der Waals surface area contributed by atoms with Gasteiger partial charge in [0.25, 0.3) is 10.1 Å². The molecule has 0 aromatic heterocycles. The molecule has 10 aliphatic rings. The second-order valence-corrected chi connectivity index (χ2v) is 29.9. The van der Waals surface area contributed by atoms with E-state index in [4.69, 9.17) is 8.98 Å². The summed E-state index contributed by atoms with van der Waals surface area (Å²) >= 11 is 0. The Hall–Kier alpha value is -0.177. The zero-order valence-corrected chi connectivity index (χ0v) is 102. The summed E-state index contributed by atoms with van der Waals surface area (Å²) in [5, 5.41) is 9.65. The number of hydrogen-bond donors (Lipinski definition) is 3. The number of amides is 6. The maximum Gasteiger partial charge on any atom is 0.264 e. The minimum atomic E-state index is -3.39. The van der Waals surface area contributed by atoms with Crippen molar-refractivity contribution in [1.29, 1.82) is 0 Å². The number of likely N-dealkylation sites (tertiary alicyclic amines) is 3. The topological polar surface area (TPSA) is 258 Å². The number of likely N-dealkylation sites (N-methyl/N-ethyl adjacent to an activating group) is 2. The van der Waals surface area contributed by atoms with E-state index in [2.05, 4.69) is 203 Å². The van der Waals surface area contributed by atoms with Crippen LogP contribution in [0, 0.1) is 0 Å². The second-order valence-electron chi connectivity index (χ2n) is 28.3. The third-order valence-corrected chi connectivity index (χ3v) is 20.1. The minimum absolute atomic E-state index is 0. The van der Waals surface area contributed by atoms with Crippen LogP contribution in [0.4, 0.5) is 0 Å². The number of carbonyl (C=O) groups is 2. The minimum Gasteiger partial charge on any atom is -0.542 e. The predicted molar refractivity (Wildman–Crippen MR) is 561 cm³/mol. The van der Waals surface area contributed by atoms with Crippen LogP contribution in [0.1, 0.15) is 175 Å². The summed E-state index contributed by atoms with van der Waals surface area (Å²) in [6.07, 6.45) is 11.3. The van der Waals surface area contributed by atoms with E-state index in [0.29, 0.717) is 31.2 Å². The van der Waals surface area contributed by atoms with Crippen LogP contribution in [0.5, 0.6) is 0 Å². The molecule has 0 bridgehead atoms. The SMILES string of the molecule is C.C.C.C.CC.CC.CC.CC.CC.CC.CC(=O)N1CC(N2CCN([C-]=O)CC2)C1.CC(C)=O.CN1CCN([C-]=O)CC1.CN1CCNCC1.CS(=O)(=O)OC1CN(C(c2ccccc2)c2ccccc2)C1.C[C-]=O.O=[C-]N1CCN(C2CN(C(c3ccccc3)c3ccccc3)C2)CC1.O=[C-]N1CCN(C2CNC2)CC1.O=[C-]N1CCNCC1.[B].[B]B([B])[B].[B][B].[B][B][B].[Y].[Y].[Y].[Y].[Y].[Y]. The van der Waals surface area contributed by atoms with Gasteiger partial charge in [0.2, 0.25) is 5.91 Å². The quantitative estimate of drug-likeness (QED) is 0.0711. The first kappa shape index (κ1) is 170. The number of Topliss-reactive ketones (excluding diaryl/α,β-unsaturated/α-hetero) is 1. The molecule has 24 radical (unpaired) electrons. The Labute approximate surface area is 1000 Å². The molecule has 4 aromatic carbocycles. The third kappa shape index (κ3) is 81.4. The Bertz CT molecular complexity index is 3270. The van der Waals surface area contributed by atoms with Gasteiger partial charge in [0, 0.05) is 507 Å². The Morgan fingerprint density at radius 2 is 0.606 bits per heavy atom. The first-order chi connectivity index (χ1) is 60.9. The van der Waals surface area contributed by atoms with Gasteiger partial charge < -0.3 is 88.7 Å². The Morgan fingerprint density at radius 1 is 0.394 bits per heavy atom. The van der Waals surface area contributed by atoms with Crippen molar-refractivity contribution in [3.63, 3.8) is 0 Å². The fourth-order valence-electron chi connectivity index (χ4n) is 13.1. The van der Waals surface area contributed by atoms with Crippen LogP contribution >= 0.6 is 0 Å². The molecule has 10 aliphatic heterocycles. The fraction of sp³-hybridized carbons (Fsp3) is 0.656. The van der Waals surface area contributed by atoms with Crippen molar-refractivity contribution in [3.8, 4) is 0 Å². The standard InChI is InChI=1S/C21H24N3O.C17H19NO3S.C10H16N3O2.C8H14N3O.C6H11N2O.C5H9N2O.C5H12N2.C3H6O.C2H3O.6C2H6.4CH4.B4.B3.B2.B.6Y/c25-17-22-11-13-23(14-12-22)20-15-24(16-20)21(18-7-3-1-4-8-18)19-9-5-2-6-10-19;1-22(19,20)21-16-12-18(13-16)17(14-8-4-2-5-9-14)15-10-6-3-7-11-15;1-9(15)13-6-10(7-13)12-4-2-11(8-14)3-5-12;12-7-10-1-3-11(4-2-10)8-5-9-6-8;1-7-2-4-8(6-9)5-3-7;8-5-7-3-1-6-2-4-7;1-7-4-2-6-3-5-7;1-3(2)4;1-2-3;6*1-2;;;;;1-4(2)3;1-3-2;1-2;;;;;;;/h1-10,20-21H,11-16H2;2-11,16-17H,12-13H2,1H3;10H,2-7H2,1H3;8-9H,1-6H2;2-5H2,1H3;6H,1-4H2;6H,2-5H2,1H3;1-2H3;1H3;6*1-2H3;4*1H4;;;;;;;;;;/q-1;;4*-1;;;-1;;;;;;;;;;;;;;;;;;;;. The first-order valence-electron chi connectivity index (χ1n) is 44.7. The molecule has 10 fully saturated rings. The molecule has 6 amide bonds. The molecule has 0 spiro atoms. The average Bonchev–Trinajstić information content (AvgIpc) is 0.782. The maximum absolute atomic E-state index is 11.2. The maximum atomic E-state index is 11.2. The molecule has 14 rings (SSSR count). The van der Waals surface area contributed by atoms with Crippen molar-refractivity contribution in [1.82, 2.24) is 79.6 Å². The van der Waals surface area contributed by atoms with Gasteiger partial charge in [0.15, 0.2) is 0 Å². The molecule has 4 aromatic rings. The molecule has 137 heavy (non-hydrogen) atoms. The smallest absolute Gasteiger partial charge is 0.264 e. The zero-order chi connectivity index (χ0) is 96.1. The summed E-state index contributed by atoms with van der Waals surface area (Å²) in [7, 11) is 32.8. The monoisotopic (exact) mass is 2360 g/mol. The van der Waals surface area contributed by atoms with Gasteiger partial charge >= 0.3 is 0 Å². The van der Waals surface area contributed by atoms with E-state index in [9.17, 15) is 42.0 Å². The normalized spacial score (nSPS) is 16.0. The van der Waals surface area contributed by atoms with Crippen molar-refractivity contribution in [2.75, 3.05) is 230 Å². The van der Waals surface area contributed by atoms with E-state index in [-0.39, 0.29) is 258 Å². The molecular formula is C93H166B10N16O11SY6-6. The van der Waals surface area contributed by atoms with Gasteiger partial charge in [0.05, 0.1) is 18.3 Å². The molecule has 0 aliphatic carbocycles. The van der Waals surface area contributed by atoms with E-state index < -0.39 is 16.5 Å². The molecule has 27 nitrogen and oxygen atoms in total. The number of rotatable bonds is 16. The molecular weight excluding hydrogens is 2190 g/mol. The van der Waals surface area contributed by atoms with E-state index in [1.807, 2.05) is 156 Å². The third-order valence-electron chi connectivity index (χ3n) is 19.4. The van der Waals surface area contributed by atoms with Crippen LogP contribution in [0.3, 0.4) is 0 Å². The van der Waals surface area contributed by atoms with Gasteiger partial charge in [-0.3, -0.25) is 39.8 Å². The van der Waals surface area contributed by atoms with Crippen LogP contribution in [0.2, 0.25) is 0 Å². The van der Waals surface area contributed by atoms with Gasteiger partial charge in [-0.2, -0.15) is 47.4 Å². The zero-order valence-electron chi connectivity index (χ0n) is 84.1. The fourth-order valence-corrected chi connectivity index (χ4v) is 13.7. The van der Waals surface area contributed by atoms with Crippen LogP contribution in [0.25, 0.3) is 0 Å². The van der Waals surface area contributed by atoms with Crippen LogP contribution < -0.4 is 16.0 Å². The molecule has 10 saturated heterocycles. The molecule has 44 heteroatoms. The first-order valence-corrected chi connectivity index (χ1v) is 46.5. The predicted octanol–water partition coefficient (Wildman–Crippen LogP) is 5.50. The molecule has 0 unspecified atom stereocenters. The Kier molecular flexibility index (Phi) is 142. The number of ketones is 1. The van der Waals surface area contributed by atoms with E-state index in [1.54, 1.807) is 31.4 Å².